The lowest BCUT2D eigenvalue weighted by Gasteiger charge is -2.26. The van der Waals surface area contributed by atoms with Crippen molar-refractivity contribution >= 4 is 27.5 Å². The predicted molar refractivity (Wildman–Crippen MR) is 118 cm³/mol. The average molecular weight is 460 g/mol. The summed E-state index contributed by atoms with van der Waals surface area (Å²) in [5, 5.41) is 2.70. The maximum Gasteiger partial charge on any atom is 0.243 e. The van der Waals surface area contributed by atoms with E-state index in [1.165, 1.54) is 28.3 Å². The number of anilines is 1. The van der Waals surface area contributed by atoms with Crippen LogP contribution in [0, 0.1) is 5.82 Å². The van der Waals surface area contributed by atoms with Gasteiger partial charge in [-0.3, -0.25) is 14.5 Å². The molecule has 32 heavy (non-hydrogen) atoms. The van der Waals surface area contributed by atoms with Crippen molar-refractivity contribution in [2.75, 3.05) is 18.0 Å². The minimum Gasteiger partial charge on any atom is -0.350 e. The zero-order chi connectivity index (χ0) is 22.9. The lowest BCUT2D eigenvalue weighted by molar-refractivity contribution is -0.125. The van der Waals surface area contributed by atoms with E-state index in [0.717, 1.165) is 19.3 Å². The molecule has 1 N–H and O–H groups in total. The topological polar surface area (TPSA) is 86.8 Å². The van der Waals surface area contributed by atoms with Crippen LogP contribution >= 0.6 is 0 Å². The lowest BCUT2D eigenvalue weighted by atomic mass is 10.1. The van der Waals surface area contributed by atoms with Gasteiger partial charge in [-0.2, -0.15) is 4.31 Å². The summed E-state index contributed by atoms with van der Waals surface area (Å²) in [7, 11) is -3.62. The van der Waals surface area contributed by atoms with Crippen molar-refractivity contribution in [1.29, 1.82) is 0 Å². The molecule has 170 valence electrons. The zero-order valence-electron chi connectivity index (χ0n) is 17.9. The molecule has 0 aliphatic carbocycles. The van der Waals surface area contributed by atoms with Gasteiger partial charge < -0.3 is 5.32 Å². The second-order valence-corrected chi connectivity index (χ2v) is 10.1. The molecule has 0 spiro atoms. The molecule has 2 aliphatic heterocycles. The zero-order valence-corrected chi connectivity index (χ0v) is 18.7. The number of amides is 2. The van der Waals surface area contributed by atoms with Gasteiger partial charge >= 0.3 is 0 Å². The third-order valence-corrected chi connectivity index (χ3v) is 7.94. The van der Waals surface area contributed by atoms with Crippen molar-refractivity contribution in [2.45, 2.75) is 50.1 Å². The van der Waals surface area contributed by atoms with E-state index in [1.807, 2.05) is 0 Å². The number of carbonyl (C=O) groups is 2. The minimum absolute atomic E-state index is 0.00130. The van der Waals surface area contributed by atoms with Gasteiger partial charge in [0.15, 0.2) is 0 Å². The van der Waals surface area contributed by atoms with Crippen LogP contribution in [0.1, 0.15) is 37.3 Å². The van der Waals surface area contributed by atoms with Gasteiger partial charge in [0, 0.05) is 44.2 Å². The molecule has 7 nitrogen and oxygen atoms in total. The molecule has 1 saturated heterocycles. The van der Waals surface area contributed by atoms with E-state index in [4.69, 9.17) is 0 Å². The van der Waals surface area contributed by atoms with Crippen molar-refractivity contribution in [1.82, 2.24) is 9.62 Å². The van der Waals surface area contributed by atoms with E-state index in [0.29, 0.717) is 29.9 Å². The predicted octanol–water partition coefficient (Wildman–Crippen LogP) is 2.59. The number of benzene rings is 2. The van der Waals surface area contributed by atoms with Crippen LogP contribution < -0.4 is 10.2 Å². The highest BCUT2D eigenvalue weighted by molar-refractivity contribution is 7.89. The summed E-state index contributed by atoms with van der Waals surface area (Å²) < 4.78 is 41.4. The molecule has 0 saturated carbocycles. The Bertz CT molecular complexity index is 1150. The number of nitrogens with zero attached hydrogens (tertiary/aromatic N) is 2. The SMILES string of the molecule is CC(=O)N1c2ccc(S(=O)(=O)N3CCCCC3)cc2C[C@@H]1C(=O)NCc1ccccc1F. The van der Waals surface area contributed by atoms with Crippen molar-refractivity contribution < 1.29 is 22.4 Å². The highest BCUT2D eigenvalue weighted by atomic mass is 32.2. The molecular formula is C23H26FN3O4S. The first-order valence-corrected chi connectivity index (χ1v) is 12.2. The number of rotatable bonds is 5. The standard InChI is InChI=1S/C23H26FN3O4S/c1-16(28)27-21-10-9-19(32(30,31)26-11-5-2-6-12-26)13-18(21)14-22(27)23(29)25-15-17-7-3-4-8-20(17)24/h3-4,7-10,13,22H,2,5-6,11-12,14-15H2,1H3,(H,25,29)/t22-/m1/s1. The van der Waals surface area contributed by atoms with Crippen LogP contribution in [0.15, 0.2) is 47.4 Å². The Morgan fingerprint density at radius 2 is 1.81 bits per heavy atom. The van der Waals surface area contributed by atoms with Crippen LogP contribution in [-0.4, -0.2) is 43.7 Å². The Hall–Kier alpha value is -2.78. The summed E-state index contributed by atoms with van der Waals surface area (Å²) in [4.78, 5) is 26.8. The van der Waals surface area contributed by atoms with Gasteiger partial charge in [-0.15, -0.1) is 0 Å². The van der Waals surface area contributed by atoms with Crippen LogP contribution in [-0.2, 0) is 32.6 Å². The Morgan fingerprint density at radius 3 is 2.50 bits per heavy atom. The van der Waals surface area contributed by atoms with E-state index in [9.17, 15) is 22.4 Å². The summed E-state index contributed by atoms with van der Waals surface area (Å²) >= 11 is 0. The van der Waals surface area contributed by atoms with Gasteiger partial charge in [0.25, 0.3) is 0 Å². The number of hydrogen-bond acceptors (Lipinski definition) is 4. The Balaban J connectivity index is 1.55. The van der Waals surface area contributed by atoms with E-state index < -0.39 is 27.8 Å². The van der Waals surface area contributed by atoms with Crippen molar-refractivity contribution in [2.24, 2.45) is 0 Å². The fourth-order valence-electron chi connectivity index (χ4n) is 4.38. The maximum atomic E-state index is 13.9. The van der Waals surface area contributed by atoms with Crippen LogP contribution in [0.25, 0.3) is 0 Å². The second-order valence-electron chi connectivity index (χ2n) is 8.17. The Kier molecular flexibility index (Phi) is 6.30. The first-order chi connectivity index (χ1) is 15.3. The molecule has 9 heteroatoms. The summed E-state index contributed by atoms with van der Waals surface area (Å²) in [6.45, 7) is 2.36. The largest absolute Gasteiger partial charge is 0.350 e. The summed E-state index contributed by atoms with van der Waals surface area (Å²) in [5.41, 5.74) is 1.51. The quantitative estimate of drug-likeness (QED) is 0.745. The minimum atomic E-state index is -3.62. The van der Waals surface area contributed by atoms with Gasteiger partial charge in [0.2, 0.25) is 21.8 Å². The highest BCUT2D eigenvalue weighted by Gasteiger charge is 2.38. The van der Waals surface area contributed by atoms with Crippen LogP contribution in [0.4, 0.5) is 10.1 Å². The van der Waals surface area contributed by atoms with Gasteiger partial charge in [-0.05, 0) is 42.7 Å². The van der Waals surface area contributed by atoms with Crippen LogP contribution in [0.5, 0.6) is 0 Å². The molecule has 1 fully saturated rings. The van der Waals surface area contributed by atoms with E-state index >= 15 is 0 Å². The molecule has 2 aliphatic rings. The fourth-order valence-corrected chi connectivity index (χ4v) is 5.95. The summed E-state index contributed by atoms with van der Waals surface area (Å²) in [6, 6.07) is 10.00. The molecule has 0 aromatic heterocycles. The van der Waals surface area contributed by atoms with Crippen LogP contribution in [0.2, 0.25) is 0 Å². The third-order valence-electron chi connectivity index (χ3n) is 6.04. The molecular weight excluding hydrogens is 433 g/mol. The maximum absolute atomic E-state index is 13.9. The molecule has 2 aromatic rings. The van der Waals surface area contributed by atoms with Gasteiger partial charge in [-0.25, -0.2) is 12.8 Å². The summed E-state index contributed by atoms with van der Waals surface area (Å²) in [6.07, 6.45) is 2.90. The molecule has 2 amide bonds. The number of halogens is 1. The van der Waals surface area contributed by atoms with Crippen molar-refractivity contribution in [3.8, 4) is 0 Å². The number of hydrogen-bond donors (Lipinski definition) is 1. The van der Waals surface area contributed by atoms with Gasteiger partial charge in [-0.1, -0.05) is 24.6 Å². The van der Waals surface area contributed by atoms with Crippen LogP contribution in [0.3, 0.4) is 0 Å². The fraction of sp³-hybridized carbons (Fsp3) is 0.391. The van der Waals surface area contributed by atoms with E-state index in [1.54, 1.807) is 30.3 Å². The molecule has 0 unspecified atom stereocenters. The second kappa shape index (κ2) is 8.99. The smallest absolute Gasteiger partial charge is 0.243 e. The monoisotopic (exact) mass is 459 g/mol. The van der Waals surface area contributed by atoms with E-state index in [2.05, 4.69) is 5.32 Å². The number of fused-ring (bicyclic) bond motifs is 1. The molecule has 4 rings (SSSR count). The Labute approximate surface area is 187 Å². The lowest BCUT2D eigenvalue weighted by Crippen LogP contribution is -2.47. The average Bonchev–Trinajstić information content (AvgIpc) is 3.18. The Morgan fingerprint density at radius 1 is 1.09 bits per heavy atom. The molecule has 0 radical (unpaired) electrons. The molecule has 2 heterocycles. The number of sulfonamides is 1. The number of nitrogens with one attached hydrogen (secondary N) is 1. The third kappa shape index (κ3) is 4.27. The van der Waals surface area contributed by atoms with E-state index in [-0.39, 0.29) is 23.8 Å². The van der Waals surface area contributed by atoms with Crippen molar-refractivity contribution in [3.05, 3.63) is 59.4 Å². The molecule has 1 atom stereocenters. The highest BCUT2D eigenvalue weighted by Crippen LogP contribution is 2.35. The number of carbonyl (C=O) groups excluding carboxylic acids is 2. The normalized spacial score (nSPS) is 18.9. The van der Waals surface area contributed by atoms with Crippen molar-refractivity contribution in [3.63, 3.8) is 0 Å². The first-order valence-electron chi connectivity index (χ1n) is 10.7. The van der Waals surface area contributed by atoms with Gasteiger partial charge in [0.05, 0.1) is 4.90 Å². The first kappa shape index (κ1) is 22.4. The molecule has 2 aromatic carbocycles. The summed E-state index contributed by atoms with van der Waals surface area (Å²) in [5.74, 6) is -1.15. The van der Waals surface area contributed by atoms with Gasteiger partial charge in [0.1, 0.15) is 11.9 Å². The number of piperidine rings is 1. The molecule has 0 bridgehead atoms.